The van der Waals surface area contributed by atoms with Gasteiger partial charge in [0.2, 0.25) is 5.78 Å². The van der Waals surface area contributed by atoms with Crippen LogP contribution in [0.2, 0.25) is 0 Å². The average Bonchev–Trinajstić information content (AvgIpc) is 2.32. The number of carbonyl (C=O) groups excluding carboxylic acids is 1. The van der Waals surface area contributed by atoms with Gasteiger partial charge in [0.15, 0.2) is 0 Å². The smallest absolute Gasteiger partial charge is 0.207 e. The number of ketones is 1. The van der Waals surface area contributed by atoms with Crippen LogP contribution in [-0.2, 0) is 11.8 Å². The molecule has 0 unspecified atom stereocenters. The zero-order valence-electron chi connectivity index (χ0n) is 6.87. The molecule has 0 fully saturated rings. The number of halogens is 1. The van der Waals surface area contributed by atoms with Crippen LogP contribution in [0.5, 0.6) is 0 Å². The first-order chi connectivity index (χ1) is 5.66. The molecule has 0 aliphatic rings. The first-order valence-electron chi connectivity index (χ1n) is 3.36. The summed E-state index contributed by atoms with van der Waals surface area (Å²) in [5, 5.41) is 3.91. The summed E-state index contributed by atoms with van der Waals surface area (Å²) in [6.45, 7) is 0.0815. The second-order valence-corrected chi connectivity index (χ2v) is 3.18. The van der Waals surface area contributed by atoms with Crippen molar-refractivity contribution >= 4 is 21.7 Å². The lowest BCUT2D eigenvalue weighted by Crippen LogP contribution is -2.12. The predicted molar refractivity (Wildman–Crippen MR) is 47.1 cm³/mol. The molecular weight excluding hydrogens is 224 g/mol. The maximum atomic E-state index is 11.3. The fourth-order valence-corrected chi connectivity index (χ4v) is 1.49. The van der Waals surface area contributed by atoms with E-state index in [0.717, 1.165) is 0 Å². The zero-order valence-corrected chi connectivity index (χ0v) is 8.46. The number of Topliss-reactive ketones (excluding diaryl/α,β-unsaturated/α-hetero) is 1. The summed E-state index contributed by atoms with van der Waals surface area (Å²) < 4.78 is 6.95. The lowest BCUT2D eigenvalue weighted by molar-refractivity contribution is 0.0837. The molecule has 0 amide bonds. The van der Waals surface area contributed by atoms with Gasteiger partial charge in [0.1, 0.15) is 12.3 Å². The summed E-state index contributed by atoms with van der Waals surface area (Å²) in [6.07, 6.45) is 1.59. The second kappa shape index (κ2) is 3.82. The van der Waals surface area contributed by atoms with Crippen molar-refractivity contribution in [3.8, 4) is 0 Å². The molecule has 0 radical (unpaired) electrons. The van der Waals surface area contributed by atoms with Crippen LogP contribution in [-0.4, -0.2) is 29.3 Å². The highest BCUT2D eigenvalue weighted by atomic mass is 79.9. The highest BCUT2D eigenvalue weighted by molar-refractivity contribution is 9.10. The van der Waals surface area contributed by atoms with Crippen LogP contribution in [0.15, 0.2) is 10.7 Å². The Hall–Kier alpha value is -0.680. The Balaban J connectivity index is 2.93. The van der Waals surface area contributed by atoms with Crippen LogP contribution in [0.3, 0.4) is 0 Å². The van der Waals surface area contributed by atoms with Crippen LogP contribution in [0.25, 0.3) is 0 Å². The molecule has 0 spiro atoms. The van der Waals surface area contributed by atoms with E-state index in [4.69, 9.17) is 4.74 Å². The van der Waals surface area contributed by atoms with Gasteiger partial charge in [-0.1, -0.05) is 0 Å². The fourth-order valence-electron chi connectivity index (χ4n) is 0.924. The van der Waals surface area contributed by atoms with Crippen molar-refractivity contribution in [1.29, 1.82) is 0 Å². The second-order valence-electron chi connectivity index (χ2n) is 2.32. The minimum Gasteiger partial charge on any atom is -0.376 e. The van der Waals surface area contributed by atoms with Gasteiger partial charge in [0.05, 0.1) is 10.7 Å². The Kier molecular flexibility index (Phi) is 2.99. The molecule has 1 aromatic heterocycles. The van der Waals surface area contributed by atoms with Gasteiger partial charge in [-0.05, 0) is 15.9 Å². The van der Waals surface area contributed by atoms with E-state index >= 15 is 0 Å². The number of hydrogen-bond acceptors (Lipinski definition) is 3. The number of nitrogens with zero attached hydrogens (tertiary/aromatic N) is 2. The Morgan fingerprint density at radius 2 is 2.50 bits per heavy atom. The summed E-state index contributed by atoms with van der Waals surface area (Å²) in [5.74, 6) is -0.0793. The van der Waals surface area contributed by atoms with Gasteiger partial charge in [0, 0.05) is 14.2 Å². The van der Waals surface area contributed by atoms with Gasteiger partial charge in [-0.25, -0.2) is 0 Å². The predicted octanol–water partition coefficient (Wildman–Crippen LogP) is 1.01. The summed E-state index contributed by atoms with van der Waals surface area (Å²) in [5.41, 5.74) is 0.539. The maximum Gasteiger partial charge on any atom is 0.207 e. The third-order valence-corrected chi connectivity index (χ3v) is 2.01. The molecule has 5 heteroatoms. The molecule has 66 valence electrons. The van der Waals surface area contributed by atoms with Crippen molar-refractivity contribution in [2.75, 3.05) is 13.7 Å². The molecule has 1 aromatic rings. The van der Waals surface area contributed by atoms with Crippen molar-refractivity contribution in [2.24, 2.45) is 7.05 Å². The van der Waals surface area contributed by atoms with E-state index in [9.17, 15) is 4.79 Å². The van der Waals surface area contributed by atoms with Crippen molar-refractivity contribution in [2.45, 2.75) is 0 Å². The van der Waals surface area contributed by atoms with E-state index < -0.39 is 0 Å². The molecule has 0 aromatic carbocycles. The van der Waals surface area contributed by atoms with Crippen molar-refractivity contribution in [3.63, 3.8) is 0 Å². The van der Waals surface area contributed by atoms with E-state index in [-0.39, 0.29) is 12.4 Å². The summed E-state index contributed by atoms with van der Waals surface area (Å²) >= 11 is 3.23. The van der Waals surface area contributed by atoms with Crippen LogP contribution >= 0.6 is 15.9 Å². The Labute approximate surface area is 78.6 Å². The van der Waals surface area contributed by atoms with Gasteiger partial charge in [-0.15, -0.1) is 0 Å². The number of ether oxygens (including phenoxy) is 1. The van der Waals surface area contributed by atoms with Gasteiger partial charge in [-0.3, -0.25) is 9.48 Å². The van der Waals surface area contributed by atoms with Gasteiger partial charge in [-0.2, -0.15) is 5.10 Å². The molecule has 1 heterocycles. The molecule has 1 rings (SSSR count). The largest absolute Gasteiger partial charge is 0.376 e. The molecule has 0 atom stereocenters. The molecule has 0 aliphatic heterocycles. The number of hydrogen-bond donors (Lipinski definition) is 0. The molecule has 12 heavy (non-hydrogen) atoms. The topological polar surface area (TPSA) is 44.1 Å². The zero-order chi connectivity index (χ0) is 9.14. The lowest BCUT2D eigenvalue weighted by atomic mass is 10.3. The van der Waals surface area contributed by atoms with Crippen molar-refractivity contribution < 1.29 is 9.53 Å². The minimum atomic E-state index is -0.0793. The highest BCUT2D eigenvalue weighted by Crippen LogP contribution is 2.15. The monoisotopic (exact) mass is 232 g/mol. The van der Waals surface area contributed by atoms with E-state index in [0.29, 0.717) is 10.2 Å². The van der Waals surface area contributed by atoms with E-state index in [1.54, 1.807) is 13.2 Å². The standard InChI is InChI=1S/C7H9BrN2O2/c1-10-7(5(8)3-9-10)6(11)4-12-2/h3H,4H2,1-2H3. The summed E-state index contributed by atoms with van der Waals surface area (Å²) in [4.78, 5) is 11.3. The first-order valence-corrected chi connectivity index (χ1v) is 4.15. The van der Waals surface area contributed by atoms with Crippen LogP contribution in [0.4, 0.5) is 0 Å². The molecule has 4 nitrogen and oxygen atoms in total. The number of rotatable bonds is 3. The van der Waals surface area contributed by atoms with Crippen LogP contribution in [0, 0.1) is 0 Å². The van der Waals surface area contributed by atoms with E-state index in [1.807, 2.05) is 0 Å². The van der Waals surface area contributed by atoms with Crippen molar-refractivity contribution in [1.82, 2.24) is 9.78 Å². The molecule has 0 N–H and O–H groups in total. The molecule has 0 saturated carbocycles. The third kappa shape index (κ3) is 1.73. The average molecular weight is 233 g/mol. The summed E-state index contributed by atoms with van der Waals surface area (Å²) in [7, 11) is 3.20. The van der Waals surface area contributed by atoms with Crippen LogP contribution in [0.1, 0.15) is 10.5 Å². The number of aromatic nitrogens is 2. The van der Waals surface area contributed by atoms with Crippen molar-refractivity contribution in [3.05, 3.63) is 16.4 Å². The molecule has 0 aliphatic carbocycles. The summed E-state index contributed by atoms with van der Waals surface area (Å²) in [6, 6.07) is 0. The Bertz CT molecular complexity index is 276. The van der Waals surface area contributed by atoms with E-state index in [2.05, 4.69) is 21.0 Å². The maximum absolute atomic E-state index is 11.3. The first kappa shape index (κ1) is 9.41. The quantitative estimate of drug-likeness (QED) is 0.732. The molecule has 0 bridgehead atoms. The van der Waals surface area contributed by atoms with E-state index in [1.165, 1.54) is 11.8 Å². The number of methoxy groups -OCH3 is 1. The number of aryl methyl sites for hydroxylation is 1. The highest BCUT2D eigenvalue weighted by Gasteiger charge is 2.14. The third-order valence-electron chi connectivity index (χ3n) is 1.43. The Morgan fingerprint density at radius 3 is 2.92 bits per heavy atom. The normalized spacial score (nSPS) is 10.2. The Morgan fingerprint density at radius 1 is 1.83 bits per heavy atom. The SMILES string of the molecule is COCC(=O)c1c(Br)cnn1C. The van der Waals surface area contributed by atoms with Gasteiger partial charge in [0.25, 0.3) is 0 Å². The fraction of sp³-hybridized carbons (Fsp3) is 0.429. The van der Waals surface area contributed by atoms with Gasteiger partial charge < -0.3 is 4.74 Å². The van der Waals surface area contributed by atoms with Gasteiger partial charge >= 0.3 is 0 Å². The molecular formula is C7H9BrN2O2. The molecule has 0 saturated heterocycles. The number of carbonyl (C=O) groups is 1. The minimum absolute atomic E-state index is 0.0793. The van der Waals surface area contributed by atoms with Crippen LogP contribution < -0.4 is 0 Å². The lowest BCUT2D eigenvalue weighted by Gasteiger charge is -2.00.